The Morgan fingerprint density at radius 3 is 2.94 bits per heavy atom. The van der Waals surface area contributed by atoms with E-state index < -0.39 is 0 Å². The quantitative estimate of drug-likeness (QED) is 0.824. The van der Waals surface area contributed by atoms with Gasteiger partial charge in [0.25, 0.3) is 0 Å². The van der Waals surface area contributed by atoms with Gasteiger partial charge in [-0.25, -0.2) is 4.98 Å². The molecule has 2 atom stereocenters. The van der Waals surface area contributed by atoms with Gasteiger partial charge in [0.2, 0.25) is 0 Å². The van der Waals surface area contributed by atoms with Crippen LogP contribution in [0.5, 0.6) is 0 Å². The van der Waals surface area contributed by atoms with E-state index in [1.807, 2.05) is 0 Å². The fourth-order valence-corrected chi connectivity index (χ4v) is 3.61. The Morgan fingerprint density at radius 1 is 1.67 bits per heavy atom. The molecule has 0 bridgehead atoms. The maximum atomic E-state index is 5.15. The van der Waals surface area contributed by atoms with E-state index in [1.54, 1.807) is 18.4 Å². The van der Waals surface area contributed by atoms with E-state index in [9.17, 15) is 0 Å². The number of hydrogen-bond donors (Lipinski definition) is 1. The summed E-state index contributed by atoms with van der Waals surface area (Å²) in [6.45, 7) is 6.97. The number of nitrogens with zero attached hydrogens (tertiary/aromatic N) is 2. The molecule has 102 valence electrons. The highest BCUT2D eigenvalue weighted by atomic mass is 32.1. The number of likely N-dealkylation sites (tertiary alicyclic amines) is 1. The lowest BCUT2D eigenvalue weighted by atomic mass is 9.97. The molecule has 1 aromatic heterocycles. The Balaban J connectivity index is 2.18. The first-order chi connectivity index (χ1) is 8.57. The maximum Gasteiger partial charge on any atom is 0.114 e. The minimum Gasteiger partial charge on any atom is -0.383 e. The predicted molar refractivity (Wildman–Crippen MR) is 75.1 cm³/mol. The average molecular weight is 269 g/mol. The molecule has 1 aliphatic rings. The van der Waals surface area contributed by atoms with Crippen LogP contribution in [0.1, 0.15) is 24.0 Å². The van der Waals surface area contributed by atoms with Crippen LogP contribution >= 0.6 is 11.3 Å². The minimum absolute atomic E-state index is 0.00558. The van der Waals surface area contributed by atoms with Crippen molar-refractivity contribution >= 4 is 11.3 Å². The molecule has 2 heterocycles. The third-order valence-electron chi connectivity index (χ3n) is 3.71. The minimum atomic E-state index is 0.00558. The molecule has 0 spiro atoms. The second kappa shape index (κ2) is 5.65. The van der Waals surface area contributed by atoms with Crippen molar-refractivity contribution in [1.29, 1.82) is 0 Å². The molecule has 1 aromatic rings. The molecule has 0 saturated carbocycles. The maximum absolute atomic E-state index is 5.15. The Morgan fingerprint density at radius 2 is 2.44 bits per heavy atom. The molecule has 1 aliphatic heterocycles. The van der Waals surface area contributed by atoms with E-state index >= 15 is 0 Å². The zero-order valence-electron chi connectivity index (χ0n) is 11.7. The number of likely N-dealkylation sites (N-methyl/N-ethyl adjacent to an activating group) is 1. The van der Waals surface area contributed by atoms with Gasteiger partial charge in [0.15, 0.2) is 0 Å². The topological polar surface area (TPSA) is 37.4 Å². The Labute approximate surface area is 113 Å². The van der Waals surface area contributed by atoms with Crippen LogP contribution in [0.3, 0.4) is 0 Å². The first-order valence-corrected chi connectivity index (χ1v) is 7.32. The van der Waals surface area contributed by atoms with E-state index in [0.717, 1.165) is 31.8 Å². The molecular formula is C13H23N3OS. The second-order valence-corrected chi connectivity index (χ2v) is 6.12. The highest BCUT2D eigenvalue weighted by Gasteiger charge is 2.43. The fraction of sp³-hybridized carbons (Fsp3) is 0.769. The number of rotatable bonds is 5. The van der Waals surface area contributed by atoms with Crippen molar-refractivity contribution in [3.63, 3.8) is 0 Å². The molecule has 0 aromatic carbocycles. The number of nitrogens with one attached hydrogen (secondary N) is 1. The molecule has 1 fully saturated rings. The van der Waals surface area contributed by atoms with Gasteiger partial charge < -0.3 is 15.0 Å². The van der Waals surface area contributed by atoms with Gasteiger partial charge in [0.1, 0.15) is 5.01 Å². The summed E-state index contributed by atoms with van der Waals surface area (Å²) in [5, 5.41) is 7.02. The van der Waals surface area contributed by atoms with E-state index in [0.29, 0.717) is 6.04 Å². The molecule has 0 aliphatic carbocycles. The molecule has 1 saturated heterocycles. The van der Waals surface area contributed by atoms with Crippen molar-refractivity contribution in [2.75, 3.05) is 33.9 Å². The van der Waals surface area contributed by atoms with Crippen LogP contribution in [-0.2, 0) is 10.3 Å². The van der Waals surface area contributed by atoms with Crippen LogP contribution < -0.4 is 5.32 Å². The number of aromatic nitrogens is 1. The second-order valence-electron chi connectivity index (χ2n) is 5.26. The van der Waals surface area contributed by atoms with Crippen molar-refractivity contribution in [2.24, 2.45) is 0 Å². The predicted octanol–water partition coefficient (Wildman–Crippen LogP) is 1.61. The standard InChI is InChI=1S/C13H23N3OS/c1-10-8-18-12(15-10)13(14-5-6-17-4)7-11(2)16(3)9-13/h8,11,14H,5-7,9H2,1-4H3. The number of aryl methyl sites for hydroxylation is 1. The van der Waals surface area contributed by atoms with Crippen LogP contribution in [0, 0.1) is 6.92 Å². The largest absolute Gasteiger partial charge is 0.383 e. The van der Waals surface area contributed by atoms with Gasteiger partial charge in [0, 0.05) is 37.3 Å². The summed E-state index contributed by atoms with van der Waals surface area (Å²) in [6, 6.07) is 0.587. The SMILES string of the molecule is COCCNC1(c2nc(C)cs2)CC(C)N(C)C1. The number of methoxy groups -OCH3 is 1. The molecule has 0 amide bonds. The zero-order chi connectivity index (χ0) is 13.2. The highest BCUT2D eigenvalue weighted by molar-refractivity contribution is 7.09. The monoisotopic (exact) mass is 269 g/mol. The Bertz CT molecular complexity index is 383. The van der Waals surface area contributed by atoms with Crippen LogP contribution in [0.4, 0.5) is 0 Å². The molecule has 1 N–H and O–H groups in total. The van der Waals surface area contributed by atoms with Crippen molar-refractivity contribution in [3.05, 3.63) is 16.1 Å². The van der Waals surface area contributed by atoms with Gasteiger partial charge >= 0.3 is 0 Å². The fourth-order valence-electron chi connectivity index (χ4n) is 2.63. The van der Waals surface area contributed by atoms with Crippen LogP contribution in [0.15, 0.2) is 5.38 Å². The molecule has 2 rings (SSSR count). The number of ether oxygens (including phenoxy) is 1. The normalized spacial score (nSPS) is 29.0. The smallest absolute Gasteiger partial charge is 0.114 e. The highest BCUT2D eigenvalue weighted by Crippen LogP contribution is 2.36. The third-order valence-corrected chi connectivity index (χ3v) is 4.88. The van der Waals surface area contributed by atoms with Gasteiger partial charge in [-0.05, 0) is 27.3 Å². The first-order valence-electron chi connectivity index (χ1n) is 6.44. The Kier molecular flexibility index (Phi) is 4.37. The molecule has 5 heteroatoms. The summed E-state index contributed by atoms with van der Waals surface area (Å²) in [4.78, 5) is 7.10. The lowest BCUT2D eigenvalue weighted by Gasteiger charge is -2.28. The summed E-state index contributed by atoms with van der Waals surface area (Å²) >= 11 is 1.77. The van der Waals surface area contributed by atoms with Crippen LogP contribution in [0.2, 0.25) is 0 Å². The summed E-state index contributed by atoms with van der Waals surface area (Å²) < 4.78 is 5.15. The molecule has 0 radical (unpaired) electrons. The molecule has 2 unspecified atom stereocenters. The zero-order valence-corrected chi connectivity index (χ0v) is 12.5. The molecule has 18 heavy (non-hydrogen) atoms. The van der Waals surface area contributed by atoms with E-state index in [4.69, 9.17) is 9.72 Å². The van der Waals surface area contributed by atoms with Crippen molar-refractivity contribution < 1.29 is 4.74 Å². The van der Waals surface area contributed by atoms with Gasteiger partial charge in [-0.1, -0.05) is 0 Å². The average Bonchev–Trinajstić information content (AvgIpc) is 2.86. The van der Waals surface area contributed by atoms with Crippen molar-refractivity contribution in [1.82, 2.24) is 15.2 Å². The van der Waals surface area contributed by atoms with Gasteiger partial charge in [-0.2, -0.15) is 0 Å². The summed E-state index contributed by atoms with van der Waals surface area (Å²) in [5.74, 6) is 0. The van der Waals surface area contributed by atoms with Gasteiger partial charge in [-0.3, -0.25) is 0 Å². The van der Waals surface area contributed by atoms with Gasteiger partial charge in [-0.15, -0.1) is 11.3 Å². The van der Waals surface area contributed by atoms with E-state index in [2.05, 4.69) is 36.5 Å². The molecule has 4 nitrogen and oxygen atoms in total. The summed E-state index contributed by atoms with van der Waals surface area (Å²) in [6.07, 6.45) is 1.11. The van der Waals surface area contributed by atoms with E-state index in [1.165, 1.54) is 5.01 Å². The lowest BCUT2D eigenvalue weighted by Crippen LogP contribution is -2.45. The van der Waals surface area contributed by atoms with Crippen molar-refractivity contribution in [3.8, 4) is 0 Å². The van der Waals surface area contributed by atoms with Crippen molar-refractivity contribution in [2.45, 2.75) is 31.8 Å². The van der Waals surface area contributed by atoms with Crippen LogP contribution in [0.25, 0.3) is 0 Å². The third kappa shape index (κ3) is 2.74. The number of hydrogen-bond acceptors (Lipinski definition) is 5. The molecular weight excluding hydrogens is 246 g/mol. The Hall–Kier alpha value is -0.490. The summed E-state index contributed by atoms with van der Waals surface area (Å²) in [5.41, 5.74) is 1.12. The van der Waals surface area contributed by atoms with Gasteiger partial charge in [0.05, 0.1) is 12.1 Å². The lowest BCUT2D eigenvalue weighted by molar-refractivity contribution is 0.183. The summed E-state index contributed by atoms with van der Waals surface area (Å²) in [7, 11) is 3.93. The van der Waals surface area contributed by atoms with Crippen LogP contribution in [-0.4, -0.2) is 49.8 Å². The number of thiazole rings is 1. The van der Waals surface area contributed by atoms with E-state index in [-0.39, 0.29) is 5.54 Å². The first kappa shape index (κ1) is 13.9.